The second-order valence-corrected chi connectivity index (χ2v) is 5.17. The molecule has 1 aliphatic rings. The highest BCUT2D eigenvalue weighted by Gasteiger charge is 2.20. The molecule has 4 nitrogen and oxygen atoms in total. The first-order valence-electron chi connectivity index (χ1n) is 7.07. The van der Waals surface area contributed by atoms with Crippen LogP contribution < -0.4 is 0 Å². The van der Waals surface area contributed by atoms with Crippen molar-refractivity contribution < 1.29 is 14.2 Å². The largest absolute Gasteiger partial charge is 0.387 e. The van der Waals surface area contributed by atoms with Crippen LogP contribution in [0.3, 0.4) is 0 Å². The van der Waals surface area contributed by atoms with Crippen molar-refractivity contribution in [2.45, 2.75) is 6.10 Å². The van der Waals surface area contributed by atoms with Gasteiger partial charge in [0.25, 0.3) is 0 Å². The molecule has 0 radical (unpaired) electrons. The van der Waals surface area contributed by atoms with Crippen LogP contribution in [0, 0.1) is 5.82 Å². The molecule has 1 fully saturated rings. The molecule has 1 aliphatic heterocycles. The Morgan fingerprint density at radius 1 is 1.20 bits per heavy atom. The summed E-state index contributed by atoms with van der Waals surface area (Å²) in [5.74, 6) is -0.335. The van der Waals surface area contributed by atoms with Crippen LogP contribution in [0.15, 0.2) is 24.3 Å². The molecule has 1 heterocycles. The minimum atomic E-state index is -0.762. The van der Waals surface area contributed by atoms with Crippen LogP contribution in [0.25, 0.3) is 0 Å². The third-order valence-corrected chi connectivity index (χ3v) is 3.77. The lowest BCUT2D eigenvalue weighted by Crippen LogP contribution is -2.48. The summed E-state index contributed by atoms with van der Waals surface area (Å²) in [5.41, 5.74) is 0.384. The summed E-state index contributed by atoms with van der Waals surface area (Å²) in [6.45, 7) is 5.91. The van der Waals surface area contributed by atoms with Crippen LogP contribution >= 0.6 is 0 Å². The van der Waals surface area contributed by atoms with Crippen molar-refractivity contribution in [1.29, 1.82) is 0 Å². The van der Waals surface area contributed by atoms with Gasteiger partial charge < -0.3 is 9.84 Å². The Labute approximate surface area is 119 Å². The summed E-state index contributed by atoms with van der Waals surface area (Å²) in [4.78, 5) is 4.52. The van der Waals surface area contributed by atoms with E-state index in [0.717, 1.165) is 39.3 Å². The van der Waals surface area contributed by atoms with Crippen molar-refractivity contribution in [2.24, 2.45) is 0 Å². The second kappa shape index (κ2) is 7.69. The second-order valence-electron chi connectivity index (χ2n) is 5.17. The minimum absolute atomic E-state index is 0.335. The number of hydrogen-bond donors (Lipinski definition) is 1. The van der Waals surface area contributed by atoms with Crippen molar-refractivity contribution in [3.05, 3.63) is 35.6 Å². The fourth-order valence-corrected chi connectivity index (χ4v) is 2.50. The molecule has 1 aromatic rings. The number of rotatable bonds is 6. The van der Waals surface area contributed by atoms with Gasteiger partial charge in [0, 0.05) is 51.9 Å². The monoisotopic (exact) mass is 282 g/mol. The smallest absolute Gasteiger partial charge is 0.129 e. The minimum Gasteiger partial charge on any atom is -0.387 e. The normalized spacial score (nSPS) is 19.1. The average Bonchev–Trinajstić information content (AvgIpc) is 2.47. The number of halogens is 1. The van der Waals surface area contributed by atoms with Crippen molar-refractivity contribution in [2.75, 3.05) is 53.0 Å². The maximum Gasteiger partial charge on any atom is 0.129 e. The Balaban J connectivity index is 1.79. The molecule has 20 heavy (non-hydrogen) atoms. The zero-order chi connectivity index (χ0) is 14.4. The molecule has 5 heteroatoms. The molecule has 2 rings (SSSR count). The summed E-state index contributed by atoms with van der Waals surface area (Å²) in [5, 5.41) is 10.1. The Morgan fingerprint density at radius 2 is 1.85 bits per heavy atom. The first-order valence-corrected chi connectivity index (χ1v) is 7.07. The third-order valence-electron chi connectivity index (χ3n) is 3.77. The van der Waals surface area contributed by atoms with Crippen LogP contribution in [0.1, 0.15) is 11.7 Å². The highest BCUT2D eigenvalue weighted by molar-refractivity contribution is 5.20. The topological polar surface area (TPSA) is 35.9 Å². The molecule has 0 aliphatic carbocycles. The molecule has 1 saturated heterocycles. The van der Waals surface area contributed by atoms with Crippen LogP contribution in [0.5, 0.6) is 0 Å². The van der Waals surface area contributed by atoms with Gasteiger partial charge in [-0.2, -0.15) is 0 Å². The highest BCUT2D eigenvalue weighted by Crippen LogP contribution is 2.18. The van der Waals surface area contributed by atoms with Gasteiger partial charge in [-0.3, -0.25) is 9.80 Å². The van der Waals surface area contributed by atoms with E-state index in [4.69, 9.17) is 4.74 Å². The first kappa shape index (κ1) is 15.4. The van der Waals surface area contributed by atoms with Gasteiger partial charge in [-0.25, -0.2) is 4.39 Å². The molecule has 0 saturated carbocycles. The van der Waals surface area contributed by atoms with E-state index >= 15 is 0 Å². The van der Waals surface area contributed by atoms with Crippen molar-refractivity contribution in [1.82, 2.24) is 9.80 Å². The predicted octanol–water partition coefficient (Wildman–Crippen LogP) is 1.12. The number of benzene rings is 1. The van der Waals surface area contributed by atoms with Crippen LogP contribution in [0.4, 0.5) is 4.39 Å². The average molecular weight is 282 g/mol. The van der Waals surface area contributed by atoms with E-state index in [-0.39, 0.29) is 5.82 Å². The SMILES string of the molecule is COCCN1CCN(CC(O)c2ccccc2F)CC1. The van der Waals surface area contributed by atoms with Crippen molar-refractivity contribution in [3.63, 3.8) is 0 Å². The molecule has 0 spiro atoms. The summed E-state index contributed by atoms with van der Waals surface area (Å²) in [6.07, 6.45) is -0.762. The number of aliphatic hydroxyl groups is 1. The molecule has 112 valence electrons. The first-order chi connectivity index (χ1) is 9.70. The van der Waals surface area contributed by atoms with Crippen LogP contribution in [0.2, 0.25) is 0 Å². The molecule has 1 N–H and O–H groups in total. The fourth-order valence-electron chi connectivity index (χ4n) is 2.50. The van der Waals surface area contributed by atoms with E-state index in [1.807, 2.05) is 0 Å². The zero-order valence-corrected chi connectivity index (χ0v) is 12.0. The number of nitrogens with zero attached hydrogens (tertiary/aromatic N) is 2. The summed E-state index contributed by atoms with van der Waals surface area (Å²) in [6, 6.07) is 6.43. The van der Waals surface area contributed by atoms with Gasteiger partial charge in [0.2, 0.25) is 0 Å². The van der Waals surface area contributed by atoms with E-state index in [1.54, 1.807) is 25.3 Å². The number of β-amino-alcohol motifs (C(OH)–C–C–N with tert-alkyl or cyclic N) is 1. The molecule has 0 bridgehead atoms. The highest BCUT2D eigenvalue weighted by atomic mass is 19.1. The fraction of sp³-hybridized carbons (Fsp3) is 0.600. The van der Waals surface area contributed by atoms with Gasteiger partial charge in [0.15, 0.2) is 0 Å². The van der Waals surface area contributed by atoms with Crippen LogP contribution in [-0.2, 0) is 4.74 Å². The number of methoxy groups -OCH3 is 1. The van der Waals surface area contributed by atoms with Gasteiger partial charge in [-0.15, -0.1) is 0 Å². The van der Waals surface area contributed by atoms with Crippen molar-refractivity contribution in [3.8, 4) is 0 Å². The molecular weight excluding hydrogens is 259 g/mol. The zero-order valence-electron chi connectivity index (χ0n) is 12.0. The number of piperazine rings is 1. The summed E-state index contributed by atoms with van der Waals surface area (Å²) >= 11 is 0. The lowest BCUT2D eigenvalue weighted by molar-refractivity contribution is 0.0599. The predicted molar refractivity (Wildman–Crippen MR) is 76.1 cm³/mol. The maximum absolute atomic E-state index is 13.6. The lowest BCUT2D eigenvalue weighted by atomic mass is 10.1. The molecule has 0 amide bonds. The third kappa shape index (κ3) is 4.24. The lowest BCUT2D eigenvalue weighted by Gasteiger charge is -2.35. The van der Waals surface area contributed by atoms with Gasteiger partial charge >= 0.3 is 0 Å². The van der Waals surface area contributed by atoms with E-state index in [2.05, 4.69) is 9.80 Å². The Kier molecular flexibility index (Phi) is 5.91. The standard InChI is InChI=1S/C15H23FN2O2/c1-20-11-10-17-6-8-18(9-7-17)12-15(19)13-4-2-3-5-14(13)16/h2-5,15,19H,6-12H2,1H3. The Bertz CT molecular complexity index is 409. The quantitative estimate of drug-likeness (QED) is 0.848. The number of hydrogen-bond acceptors (Lipinski definition) is 4. The van der Waals surface area contributed by atoms with E-state index in [9.17, 15) is 9.50 Å². The molecule has 1 atom stereocenters. The number of ether oxygens (including phenoxy) is 1. The van der Waals surface area contributed by atoms with E-state index < -0.39 is 6.10 Å². The van der Waals surface area contributed by atoms with Gasteiger partial charge in [0.1, 0.15) is 5.82 Å². The molecule has 0 aromatic heterocycles. The Morgan fingerprint density at radius 3 is 2.50 bits per heavy atom. The van der Waals surface area contributed by atoms with E-state index in [0.29, 0.717) is 12.1 Å². The van der Waals surface area contributed by atoms with E-state index in [1.165, 1.54) is 6.07 Å². The number of aliphatic hydroxyl groups excluding tert-OH is 1. The van der Waals surface area contributed by atoms with Gasteiger partial charge in [-0.05, 0) is 6.07 Å². The molecule has 1 unspecified atom stereocenters. The summed E-state index contributed by atoms with van der Waals surface area (Å²) in [7, 11) is 1.71. The van der Waals surface area contributed by atoms with Crippen molar-refractivity contribution >= 4 is 0 Å². The van der Waals surface area contributed by atoms with Gasteiger partial charge in [-0.1, -0.05) is 18.2 Å². The summed E-state index contributed by atoms with van der Waals surface area (Å²) < 4.78 is 18.7. The van der Waals surface area contributed by atoms with Crippen LogP contribution in [-0.4, -0.2) is 67.9 Å². The van der Waals surface area contributed by atoms with Gasteiger partial charge in [0.05, 0.1) is 12.7 Å². The maximum atomic E-state index is 13.6. The molecular formula is C15H23FN2O2. The molecule has 1 aromatic carbocycles. The Hall–Kier alpha value is -1.01.